The Bertz CT molecular complexity index is 588. The molecule has 0 aliphatic rings. The van der Waals surface area contributed by atoms with Gasteiger partial charge in [0.15, 0.2) is 6.10 Å². The molecular formula is C18H21NO2. The molecule has 1 N–H and O–H groups in total. The van der Waals surface area contributed by atoms with Crippen LogP contribution < -0.4 is 10.1 Å². The summed E-state index contributed by atoms with van der Waals surface area (Å²) >= 11 is 0. The van der Waals surface area contributed by atoms with Gasteiger partial charge in [-0.15, -0.1) is 0 Å². The number of amides is 1. The van der Waals surface area contributed by atoms with Crippen LogP contribution in [0.25, 0.3) is 0 Å². The van der Waals surface area contributed by atoms with Crippen molar-refractivity contribution < 1.29 is 9.53 Å². The Hall–Kier alpha value is -2.29. The maximum atomic E-state index is 12.1. The number of hydrogen-bond acceptors (Lipinski definition) is 2. The van der Waals surface area contributed by atoms with E-state index in [0.717, 1.165) is 22.4 Å². The van der Waals surface area contributed by atoms with Crippen LogP contribution in [-0.2, 0) is 11.3 Å². The number of carbonyl (C=O) groups is 1. The van der Waals surface area contributed by atoms with E-state index < -0.39 is 6.10 Å². The lowest BCUT2D eigenvalue weighted by molar-refractivity contribution is -0.127. The molecule has 3 nitrogen and oxygen atoms in total. The Labute approximate surface area is 126 Å². The molecule has 110 valence electrons. The Morgan fingerprint density at radius 2 is 1.67 bits per heavy atom. The van der Waals surface area contributed by atoms with Crippen LogP contribution in [0, 0.1) is 13.8 Å². The van der Waals surface area contributed by atoms with Gasteiger partial charge in [0.1, 0.15) is 5.75 Å². The molecule has 0 fully saturated rings. The number of hydrogen-bond donors (Lipinski definition) is 1. The van der Waals surface area contributed by atoms with Gasteiger partial charge >= 0.3 is 0 Å². The fraction of sp³-hybridized carbons (Fsp3) is 0.278. The van der Waals surface area contributed by atoms with E-state index in [4.69, 9.17) is 4.74 Å². The van der Waals surface area contributed by atoms with Gasteiger partial charge in [-0.25, -0.2) is 0 Å². The highest BCUT2D eigenvalue weighted by Gasteiger charge is 2.16. The monoisotopic (exact) mass is 283 g/mol. The molecule has 0 saturated carbocycles. The van der Waals surface area contributed by atoms with Crippen molar-refractivity contribution >= 4 is 5.91 Å². The van der Waals surface area contributed by atoms with Crippen LogP contribution in [0.4, 0.5) is 0 Å². The molecule has 2 aromatic carbocycles. The minimum absolute atomic E-state index is 0.110. The van der Waals surface area contributed by atoms with Gasteiger partial charge in [0.25, 0.3) is 5.91 Å². The molecule has 0 aliphatic heterocycles. The van der Waals surface area contributed by atoms with Gasteiger partial charge in [-0.05, 0) is 37.5 Å². The zero-order valence-corrected chi connectivity index (χ0v) is 12.7. The average Bonchev–Trinajstić information content (AvgIpc) is 2.49. The van der Waals surface area contributed by atoms with E-state index >= 15 is 0 Å². The third kappa shape index (κ3) is 4.09. The van der Waals surface area contributed by atoms with Crippen LogP contribution >= 0.6 is 0 Å². The van der Waals surface area contributed by atoms with Crippen molar-refractivity contribution in [2.24, 2.45) is 0 Å². The second-order valence-electron chi connectivity index (χ2n) is 5.18. The molecule has 3 heteroatoms. The van der Waals surface area contributed by atoms with Crippen LogP contribution in [-0.4, -0.2) is 12.0 Å². The summed E-state index contributed by atoms with van der Waals surface area (Å²) in [5, 5.41) is 2.89. The van der Waals surface area contributed by atoms with Crippen molar-refractivity contribution in [1.29, 1.82) is 0 Å². The minimum Gasteiger partial charge on any atom is -0.480 e. The predicted octanol–water partition coefficient (Wildman–Crippen LogP) is 3.39. The molecule has 0 heterocycles. The molecule has 0 radical (unpaired) electrons. The van der Waals surface area contributed by atoms with E-state index in [1.807, 2.05) is 62.4 Å². The molecule has 1 atom stereocenters. The van der Waals surface area contributed by atoms with Crippen molar-refractivity contribution in [3.05, 3.63) is 65.2 Å². The van der Waals surface area contributed by atoms with Crippen molar-refractivity contribution in [2.75, 3.05) is 0 Å². The number of nitrogens with one attached hydrogen (secondary N) is 1. The summed E-state index contributed by atoms with van der Waals surface area (Å²) in [6.45, 7) is 6.25. The van der Waals surface area contributed by atoms with E-state index in [0.29, 0.717) is 6.54 Å². The lowest BCUT2D eigenvalue weighted by atomic mass is 10.1. The molecule has 21 heavy (non-hydrogen) atoms. The second-order valence-corrected chi connectivity index (χ2v) is 5.18. The minimum atomic E-state index is -0.520. The number of rotatable bonds is 5. The van der Waals surface area contributed by atoms with Crippen molar-refractivity contribution in [2.45, 2.75) is 33.4 Å². The molecule has 0 bridgehead atoms. The zero-order chi connectivity index (χ0) is 15.2. The summed E-state index contributed by atoms with van der Waals surface area (Å²) in [7, 11) is 0. The van der Waals surface area contributed by atoms with Crippen LogP contribution in [0.2, 0.25) is 0 Å². The second kappa shape index (κ2) is 6.93. The Kier molecular flexibility index (Phi) is 4.99. The SMILES string of the molecule is Cc1cccc(C)c1OC(C)C(=O)NCc1ccccc1. The van der Waals surface area contributed by atoms with Gasteiger partial charge in [-0.3, -0.25) is 4.79 Å². The lowest BCUT2D eigenvalue weighted by Gasteiger charge is -2.18. The van der Waals surface area contributed by atoms with Gasteiger partial charge in [0.05, 0.1) is 0 Å². The topological polar surface area (TPSA) is 38.3 Å². The molecular weight excluding hydrogens is 262 g/mol. The fourth-order valence-corrected chi connectivity index (χ4v) is 2.14. The molecule has 0 spiro atoms. The summed E-state index contributed by atoms with van der Waals surface area (Å²) in [6, 6.07) is 15.8. The van der Waals surface area contributed by atoms with Crippen LogP contribution in [0.1, 0.15) is 23.6 Å². The van der Waals surface area contributed by atoms with Gasteiger partial charge in [0, 0.05) is 6.54 Å². The van der Waals surface area contributed by atoms with E-state index in [1.165, 1.54) is 0 Å². The summed E-state index contributed by atoms with van der Waals surface area (Å²) in [5.74, 6) is 0.682. The Morgan fingerprint density at radius 3 is 2.29 bits per heavy atom. The van der Waals surface area contributed by atoms with E-state index in [1.54, 1.807) is 6.92 Å². The zero-order valence-electron chi connectivity index (χ0n) is 12.7. The van der Waals surface area contributed by atoms with Crippen LogP contribution in [0.5, 0.6) is 5.75 Å². The lowest BCUT2D eigenvalue weighted by Crippen LogP contribution is -2.36. The van der Waals surface area contributed by atoms with E-state index in [9.17, 15) is 4.79 Å². The number of benzene rings is 2. The van der Waals surface area contributed by atoms with Gasteiger partial charge in [-0.1, -0.05) is 48.5 Å². The smallest absolute Gasteiger partial charge is 0.261 e. The molecule has 1 unspecified atom stereocenters. The van der Waals surface area contributed by atoms with E-state index in [-0.39, 0.29) is 5.91 Å². The number of para-hydroxylation sites is 1. The first-order valence-corrected chi connectivity index (χ1v) is 7.12. The first-order valence-electron chi connectivity index (χ1n) is 7.12. The van der Waals surface area contributed by atoms with Crippen molar-refractivity contribution in [3.8, 4) is 5.75 Å². The van der Waals surface area contributed by atoms with Gasteiger partial charge in [-0.2, -0.15) is 0 Å². The Balaban J connectivity index is 1.94. The van der Waals surface area contributed by atoms with E-state index in [2.05, 4.69) is 5.32 Å². The number of ether oxygens (including phenoxy) is 1. The highest BCUT2D eigenvalue weighted by Crippen LogP contribution is 2.23. The maximum absolute atomic E-state index is 12.1. The normalized spacial score (nSPS) is 11.8. The fourth-order valence-electron chi connectivity index (χ4n) is 2.14. The maximum Gasteiger partial charge on any atom is 0.261 e. The van der Waals surface area contributed by atoms with Crippen molar-refractivity contribution in [1.82, 2.24) is 5.32 Å². The predicted molar refractivity (Wildman–Crippen MR) is 84.3 cm³/mol. The highest BCUT2D eigenvalue weighted by atomic mass is 16.5. The molecule has 2 rings (SSSR count). The van der Waals surface area contributed by atoms with Gasteiger partial charge in [0.2, 0.25) is 0 Å². The highest BCUT2D eigenvalue weighted by molar-refractivity contribution is 5.80. The number of carbonyl (C=O) groups excluding carboxylic acids is 1. The Morgan fingerprint density at radius 1 is 1.05 bits per heavy atom. The molecule has 0 aromatic heterocycles. The van der Waals surface area contributed by atoms with Crippen LogP contribution in [0.3, 0.4) is 0 Å². The molecule has 0 aliphatic carbocycles. The summed E-state index contributed by atoms with van der Waals surface area (Å²) in [5.41, 5.74) is 3.15. The summed E-state index contributed by atoms with van der Waals surface area (Å²) in [6.07, 6.45) is -0.520. The first-order chi connectivity index (χ1) is 10.1. The summed E-state index contributed by atoms with van der Waals surface area (Å²) < 4.78 is 5.81. The quantitative estimate of drug-likeness (QED) is 0.913. The van der Waals surface area contributed by atoms with Gasteiger partial charge < -0.3 is 10.1 Å². The van der Waals surface area contributed by atoms with Crippen LogP contribution in [0.15, 0.2) is 48.5 Å². The first kappa shape index (κ1) is 15.1. The third-order valence-corrected chi connectivity index (χ3v) is 3.38. The summed E-state index contributed by atoms with van der Waals surface area (Å²) in [4.78, 5) is 12.1. The molecule has 2 aromatic rings. The molecule has 1 amide bonds. The average molecular weight is 283 g/mol. The molecule has 0 saturated heterocycles. The number of aryl methyl sites for hydroxylation is 2. The third-order valence-electron chi connectivity index (χ3n) is 3.38. The largest absolute Gasteiger partial charge is 0.480 e. The standard InChI is InChI=1S/C18H21NO2/c1-13-8-7-9-14(2)17(13)21-15(3)18(20)19-12-16-10-5-4-6-11-16/h4-11,15H,12H2,1-3H3,(H,19,20). The van der Waals surface area contributed by atoms with Crippen molar-refractivity contribution in [3.63, 3.8) is 0 Å².